The van der Waals surface area contributed by atoms with Crippen LogP contribution in [0.3, 0.4) is 0 Å². The van der Waals surface area contributed by atoms with Gasteiger partial charge in [0.15, 0.2) is 18.1 Å². The summed E-state index contributed by atoms with van der Waals surface area (Å²) >= 11 is 0. The molecule has 1 aromatic carbocycles. The molecular formula is C19H25N3O4. The molecule has 7 heteroatoms. The van der Waals surface area contributed by atoms with Crippen molar-refractivity contribution in [3.63, 3.8) is 0 Å². The number of rotatable bonds is 7. The van der Waals surface area contributed by atoms with E-state index in [0.29, 0.717) is 36.4 Å². The summed E-state index contributed by atoms with van der Waals surface area (Å²) in [6.45, 7) is 2.15. The summed E-state index contributed by atoms with van der Waals surface area (Å²) in [6, 6.07) is 6.74. The summed E-state index contributed by atoms with van der Waals surface area (Å²) in [7, 11) is 1.47. The Labute approximate surface area is 153 Å². The number of nitrogens with one attached hydrogen (secondary N) is 2. The summed E-state index contributed by atoms with van der Waals surface area (Å²) in [5, 5.41) is 14.6. The highest BCUT2D eigenvalue weighted by atomic mass is 16.5. The van der Waals surface area contributed by atoms with E-state index in [9.17, 15) is 9.59 Å². The number of carbonyl (C=O) groups is 2. The van der Waals surface area contributed by atoms with Gasteiger partial charge in [-0.1, -0.05) is 19.3 Å². The second-order valence-corrected chi connectivity index (χ2v) is 6.32. The first kappa shape index (κ1) is 19.6. The van der Waals surface area contributed by atoms with Crippen LogP contribution in [0.2, 0.25) is 0 Å². The normalized spacial score (nSPS) is 15.4. The van der Waals surface area contributed by atoms with Crippen LogP contribution in [0.1, 0.15) is 44.6 Å². The minimum absolute atomic E-state index is 0.135. The van der Waals surface area contributed by atoms with Crippen molar-refractivity contribution >= 4 is 11.8 Å². The highest BCUT2D eigenvalue weighted by Crippen LogP contribution is 2.29. The standard InChI is InChI=1S/C19H25N3O4/c1-3-21-18(24)19(9-5-4-6-10-19)22-17(23)13-26-15-8-7-14(12-20)11-16(15)25-2/h7-8,11H,3-6,9-10,13H2,1-2H3,(H,21,24)(H,22,23). The van der Waals surface area contributed by atoms with Gasteiger partial charge in [0.05, 0.1) is 18.7 Å². The molecule has 0 unspecified atom stereocenters. The van der Waals surface area contributed by atoms with E-state index in [1.807, 2.05) is 13.0 Å². The van der Waals surface area contributed by atoms with E-state index in [4.69, 9.17) is 14.7 Å². The summed E-state index contributed by atoms with van der Waals surface area (Å²) < 4.78 is 10.7. The summed E-state index contributed by atoms with van der Waals surface area (Å²) in [6.07, 6.45) is 4.13. The lowest BCUT2D eigenvalue weighted by Crippen LogP contribution is -2.60. The Bertz CT molecular complexity index is 691. The molecule has 0 heterocycles. The van der Waals surface area contributed by atoms with E-state index in [1.54, 1.807) is 18.2 Å². The number of benzene rings is 1. The Hall–Kier alpha value is -2.75. The van der Waals surface area contributed by atoms with Crippen LogP contribution < -0.4 is 20.1 Å². The first-order chi connectivity index (χ1) is 12.5. The predicted molar refractivity (Wildman–Crippen MR) is 95.8 cm³/mol. The molecule has 140 valence electrons. The maximum Gasteiger partial charge on any atom is 0.258 e. The number of nitrogens with zero attached hydrogens (tertiary/aromatic N) is 1. The lowest BCUT2D eigenvalue weighted by molar-refractivity contribution is -0.135. The Morgan fingerprint density at radius 3 is 2.58 bits per heavy atom. The first-order valence-corrected chi connectivity index (χ1v) is 8.85. The molecule has 2 amide bonds. The van der Waals surface area contributed by atoms with Crippen LogP contribution in [-0.4, -0.2) is 37.6 Å². The van der Waals surface area contributed by atoms with Crippen molar-refractivity contribution in [1.82, 2.24) is 10.6 Å². The molecule has 0 atom stereocenters. The SMILES string of the molecule is CCNC(=O)C1(NC(=O)COc2ccc(C#N)cc2OC)CCCCC1. The minimum Gasteiger partial charge on any atom is -0.493 e. The fourth-order valence-corrected chi connectivity index (χ4v) is 3.20. The zero-order chi connectivity index (χ0) is 19.0. The molecule has 0 aromatic heterocycles. The zero-order valence-corrected chi connectivity index (χ0v) is 15.3. The Kier molecular flexibility index (Phi) is 6.84. The third-order valence-electron chi connectivity index (χ3n) is 4.51. The molecule has 26 heavy (non-hydrogen) atoms. The van der Waals surface area contributed by atoms with E-state index in [0.717, 1.165) is 19.3 Å². The molecule has 2 rings (SSSR count). The van der Waals surface area contributed by atoms with Gasteiger partial charge >= 0.3 is 0 Å². The van der Waals surface area contributed by atoms with E-state index < -0.39 is 5.54 Å². The Morgan fingerprint density at radius 2 is 1.96 bits per heavy atom. The number of hydrogen-bond donors (Lipinski definition) is 2. The van der Waals surface area contributed by atoms with Crippen LogP contribution in [0.4, 0.5) is 0 Å². The summed E-state index contributed by atoms with van der Waals surface area (Å²) in [5.74, 6) is 0.263. The number of likely N-dealkylation sites (N-methyl/N-ethyl adjacent to an activating group) is 1. The summed E-state index contributed by atoms with van der Waals surface area (Å²) in [5.41, 5.74) is -0.417. The highest BCUT2D eigenvalue weighted by molar-refractivity contribution is 5.92. The zero-order valence-electron chi connectivity index (χ0n) is 15.3. The molecule has 1 saturated carbocycles. The van der Waals surface area contributed by atoms with Gasteiger partial charge < -0.3 is 20.1 Å². The molecule has 0 saturated heterocycles. The number of hydrogen-bond acceptors (Lipinski definition) is 5. The Balaban J connectivity index is 2.02. The van der Waals surface area contributed by atoms with Crippen LogP contribution in [-0.2, 0) is 9.59 Å². The molecule has 1 aromatic rings. The molecule has 1 aliphatic carbocycles. The van der Waals surface area contributed by atoms with Crippen LogP contribution in [0.15, 0.2) is 18.2 Å². The van der Waals surface area contributed by atoms with Crippen LogP contribution in [0, 0.1) is 11.3 Å². The molecule has 2 N–H and O–H groups in total. The topological polar surface area (TPSA) is 100 Å². The molecular weight excluding hydrogens is 334 g/mol. The minimum atomic E-state index is -0.858. The third kappa shape index (κ3) is 4.66. The smallest absolute Gasteiger partial charge is 0.258 e. The average molecular weight is 359 g/mol. The quantitative estimate of drug-likeness (QED) is 0.774. The molecule has 1 aliphatic rings. The molecule has 7 nitrogen and oxygen atoms in total. The van der Waals surface area contributed by atoms with E-state index in [-0.39, 0.29) is 18.4 Å². The summed E-state index contributed by atoms with van der Waals surface area (Å²) in [4.78, 5) is 24.9. The van der Waals surface area contributed by atoms with Gasteiger partial charge in [0.2, 0.25) is 5.91 Å². The molecule has 0 spiro atoms. The van der Waals surface area contributed by atoms with Crippen molar-refractivity contribution in [2.24, 2.45) is 0 Å². The largest absolute Gasteiger partial charge is 0.493 e. The number of nitriles is 1. The second-order valence-electron chi connectivity index (χ2n) is 6.32. The van der Waals surface area contributed by atoms with E-state index >= 15 is 0 Å². The monoisotopic (exact) mass is 359 g/mol. The fraction of sp³-hybridized carbons (Fsp3) is 0.526. The van der Waals surface area contributed by atoms with Gasteiger partial charge in [-0.15, -0.1) is 0 Å². The van der Waals surface area contributed by atoms with Crippen molar-refractivity contribution in [3.05, 3.63) is 23.8 Å². The molecule has 0 aliphatic heterocycles. The van der Waals surface area contributed by atoms with Crippen LogP contribution >= 0.6 is 0 Å². The average Bonchev–Trinajstić information content (AvgIpc) is 2.67. The van der Waals surface area contributed by atoms with E-state index in [1.165, 1.54) is 7.11 Å². The third-order valence-corrected chi connectivity index (χ3v) is 4.51. The van der Waals surface area contributed by atoms with Crippen molar-refractivity contribution in [1.29, 1.82) is 5.26 Å². The van der Waals surface area contributed by atoms with Crippen molar-refractivity contribution in [3.8, 4) is 17.6 Å². The number of methoxy groups -OCH3 is 1. The number of ether oxygens (including phenoxy) is 2. The van der Waals surface area contributed by atoms with E-state index in [2.05, 4.69) is 10.6 Å². The van der Waals surface area contributed by atoms with Crippen molar-refractivity contribution < 1.29 is 19.1 Å². The van der Waals surface area contributed by atoms with Crippen molar-refractivity contribution in [2.45, 2.75) is 44.6 Å². The van der Waals surface area contributed by atoms with Crippen LogP contribution in [0.5, 0.6) is 11.5 Å². The lowest BCUT2D eigenvalue weighted by Gasteiger charge is -2.36. The molecule has 0 radical (unpaired) electrons. The molecule has 1 fully saturated rings. The van der Waals surface area contributed by atoms with Gasteiger partial charge in [-0.25, -0.2) is 0 Å². The van der Waals surface area contributed by atoms with Gasteiger partial charge in [-0.3, -0.25) is 9.59 Å². The van der Waals surface area contributed by atoms with Gasteiger partial charge in [-0.2, -0.15) is 5.26 Å². The second kappa shape index (κ2) is 9.09. The predicted octanol–water partition coefficient (Wildman–Crippen LogP) is 1.90. The maximum absolute atomic E-state index is 12.5. The van der Waals surface area contributed by atoms with Crippen LogP contribution in [0.25, 0.3) is 0 Å². The number of amides is 2. The lowest BCUT2D eigenvalue weighted by atomic mass is 9.80. The van der Waals surface area contributed by atoms with Gasteiger partial charge in [0.25, 0.3) is 5.91 Å². The van der Waals surface area contributed by atoms with Gasteiger partial charge in [0.1, 0.15) is 5.54 Å². The van der Waals surface area contributed by atoms with Crippen molar-refractivity contribution in [2.75, 3.05) is 20.3 Å². The highest BCUT2D eigenvalue weighted by Gasteiger charge is 2.40. The fourth-order valence-electron chi connectivity index (χ4n) is 3.20. The molecule has 0 bridgehead atoms. The van der Waals surface area contributed by atoms with Gasteiger partial charge in [-0.05, 0) is 31.9 Å². The number of carbonyl (C=O) groups excluding carboxylic acids is 2. The van der Waals surface area contributed by atoms with Gasteiger partial charge in [0, 0.05) is 12.6 Å². The Morgan fingerprint density at radius 1 is 1.23 bits per heavy atom. The maximum atomic E-state index is 12.5. The first-order valence-electron chi connectivity index (χ1n) is 8.85.